The second kappa shape index (κ2) is 13.2. The number of rotatable bonds is 7. The summed E-state index contributed by atoms with van der Waals surface area (Å²) in [7, 11) is 7.09. The van der Waals surface area contributed by atoms with Crippen LogP contribution in [0.25, 0.3) is 10.9 Å². The smallest absolute Gasteiger partial charge is 0.490 e. The van der Waals surface area contributed by atoms with Crippen molar-refractivity contribution in [3.8, 4) is 11.5 Å². The molecular weight excluding hydrogens is 531 g/mol. The molecule has 13 heteroatoms. The average molecular weight is 564 g/mol. The Morgan fingerprint density at radius 1 is 0.925 bits per heavy atom. The molecule has 1 amide bonds. The number of benzene rings is 2. The van der Waals surface area contributed by atoms with Gasteiger partial charge in [-0.1, -0.05) is 18.2 Å². The first-order valence-electron chi connectivity index (χ1n) is 12.5. The molecule has 216 valence electrons. The van der Waals surface area contributed by atoms with Gasteiger partial charge in [-0.05, 0) is 49.9 Å². The molecule has 3 N–H and O–H groups in total. The number of anilines is 2. The summed E-state index contributed by atoms with van der Waals surface area (Å²) in [5, 5.41) is 14.8. The van der Waals surface area contributed by atoms with E-state index in [-0.39, 0.29) is 18.0 Å². The number of halogens is 3. The van der Waals surface area contributed by atoms with Crippen LogP contribution in [-0.4, -0.2) is 73.5 Å². The normalized spacial score (nSPS) is 16.8. The number of nitrogens with zero attached hydrogens (tertiary/aromatic N) is 3. The third-order valence-electron chi connectivity index (χ3n) is 6.30. The number of alkyl halides is 3. The number of carboxylic acid groups (broad SMARTS) is 1. The number of methoxy groups -OCH3 is 2. The summed E-state index contributed by atoms with van der Waals surface area (Å²) in [5.41, 5.74) is 1.36. The van der Waals surface area contributed by atoms with Crippen LogP contribution in [0.5, 0.6) is 11.5 Å². The summed E-state index contributed by atoms with van der Waals surface area (Å²) in [6, 6.07) is 13.7. The van der Waals surface area contributed by atoms with Gasteiger partial charge in [0.1, 0.15) is 22.9 Å². The largest absolute Gasteiger partial charge is 0.496 e. The minimum Gasteiger partial charge on any atom is -0.496 e. The first-order chi connectivity index (χ1) is 18.9. The van der Waals surface area contributed by atoms with E-state index in [1.54, 1.807) is 26.4 Å². The predicted molar refractivity (Wildman–Crippen MR) is 144 cm³/mol. The standard InChI is InChI=1S/C25H31N5O3.C2HF3O2/c1-30(2)23-18-8-5-6-9-19(18)28-25(29-23)27-17-14-12-16(13-15-17)26-24(31)22-20(32-3)10-7-11-21(22)33-4;3-2(4,5)1(6)7/h5-11,16-17H,12-15H2,1-4H3,(H,26,31)(H,27,28,29);(H,6,7). The molecule has 0 aliphatic heterocycles. The fourth-order valence-electron chi connectivity index (χ4n) is 4.36. The molecule has 1 aliphatic rings. The number of hydrogen-bond acceptors (Lipinski definition) is 8. The number of carboxylic acids is 1. The fourth-order valence-corrected chi connectivity index (χ4v) is 4.36. The van der Waals surface area contributed by atoms with Crippen LogP contribution in [0, 0.1) is 0 Å². The van der Waals surface area contributed by atoms with Gasteiger partial charge in [0.05, 0.1) is 19.7 Å². The summed E-state index contributed by atoms with van der Waals surface area (Å²) >= 11 is 0. The van der Waals surface area contributed by atoms with Crippen LogP contribution in [0.15, 0.2) is 42.5 Å². The Balaban J connectivity index is 0.000000559. The molecule has 40 heavy (non-hydrogen) atoms. The number of carbonyl (C=O) groups is 2. The van der Waals surface area contributed by atoms with E-state index in [1.807, 2.05) is 49.3 Å². The van der Waals surface area contributed by atoms with E-state index in [9.17, 15) is 18.0 Å². The molecule has 1 heterocycles. The van der Waals surface area contributed by atoms with Gasteiger partial charge in [-0.2, -0.15) is 18.2 Å². The van der Waals surface area contributed by atoms with Crippen molar-refractivity contribution in [2.75, 3.05) is 38.5 Å². The number of para-hydroxylation sites is 1. The Hall–Kier alpha value is -4.29. The maximum absolute atomic E-state index is 13.0. The maximum Gasteiger partial charge on any atom is 0.490 e. The van der Waals surface area contributed by atoms with Crippen molar-refractivity contribution in [2.24, 2.45) is 0 Å². The molecule has 3 aromatic rings. The number of hydrogen-bond donors (Lipinski definition) is 3. The van der Waals surface area contributed by atoms with E-state index in [4.69, 9.17) is 29.3 Å². The molecule has 0 radical (unpaired) electrons. The molecular formula is C27H32F3N5O5. The van der Waals surface area contributed by atoms with Gasteiger partial charge in [-0.15, -0.1) is 0 Å². The van der Waals surface area contributed by atoms with E-state index in [1.165, 1.54) is 0 Å². The Labute approximate surface area is 229 Å². The van der Waals surface area contributed by atoms with Crippen molar-refractivity contribution in [3.63, 3.8) is 0 Å². The second-order valence-corrected chi connectivity index (χ2v) is 9.29. The lowest BCUT2D eigenvalue weighted by Gasteiger charge is -2.30. The van der Waals surface area contributed by atoms with Crippen LogP contribution in [0.4, 0.5) is 24.9 Å². The Kier molecular flexibility index (Phi) is 9.97. The number of ether oxygens (including phenoxy) is 2. The van der Waals surface area contributed by atoms with E-state index < -0.39 is 12.1 Å². The lowest BCUT2D eigenvalue weighted by Crippen LogP contribution is -2.40. The van der Waals surface area contributed by atoms with Gasteiger partial charge in [-0.25, -0.2) is 9.78 Å². The van der Waals surface area contributed by atoms with Gasteiger partial charge in [0.25, 0.3) is 5.91 Å². The number of nitrogens with one attached hydrogen (secondary N) is 2. The number of aromatic nitrogens is 2. The minimum atomic E-state index is -5.08. The van der Waals surface area contributed by atoms with Gasteiger partial charge < -0.3 is 30.1 Å². The van der Waals surface area contributed by atoms with Gasteiger partial charge in [-0.3, -0.25) is 4.79 Å². The quantitative estimate of drug-likeness (QED) is 0.381. The van der Waals surface area contributed by atoms with Crippen LogP contribution in [-0.2, 0) is 4.79 Å². The van der Waals surface area contributed by atoms with Crippen LogP contribution in [0.1, 0.15) is 36.0 Å². The molecule has 0 bridgehead atoms. The summed E-state index contributed by atoms with van der Waals surface area (Å²) in [5.74, 6) is -0.375. The van der Waals surface area contributed by atoms with E-state index in [2.05, 4.69) is 10.6 Å². The highest BCUT2D eigenvalue weighted by Gasteiger charge is 2.38. The molecule has 10 nitrogen and oxygen atoms in total. The third kappa shape index (κ3) is 7.64. The monoisotopic (exact) mass is 563 g/mol. The fraction of sp³-hybridized carbons (Fsp3) is 0.407. The van der Waals surface area contributed by atoms with Crippen molar-refractivity contribution in [3.05, 3.63) is 48.0 Å². The highest BCUT2D eigenvalue weighted by molar-refractivity contribution is 6.00. The van der Waals surface area contributed by atoms with Crippen LogP contribution < -0.4 is 25.0 Å². The number of amides is 1. The molecule has 1 aromatic heterocycles. The van der Waals surface area contributed by atoms with E-state index >= 15 is 0 Å². The zero-order chi connectivity index (χ0) is 29.4. The SMILES string of the molecule is COc1cccc(OC)c1C(=O)NC1CCC(Nc2nc(N(C)C)c3ccccc3n2)CC1.O=C(O)C(F)(F)F. The first-order valence-corrected chi connectivity index (χ1v) is 12.5. The second-order valence-electron chi connectivity index (χ2n) is 9.29. The molecule has 1 aliphatic carbocycles. The lowest BCUT2D eigenvalue weighted by molar-refractivity contribution is -0.192. The highest BCUT2D eigenvalue weighted by Crippen LogP contribution is 2.30. The zero-order valence-electron chi connectivity index (χ0n) is 22.6. The van der Waals surface area contributed by atoms with Crippen molar-refractivity contribution < 1.29 is 37.3 Å². The van der Waals surface area contributed by atoms with Gasteiger partial charge in [0.2, 0.25) is 5.95 Å². The summed E-state index contributed by atoms with van der Waals surface area (Å²) in [6.07, 6.45) is -1.51. The molecule has 1 saturated carbocycles. The van der Waals surface area contributed by atoms with Crippen LogP contribution >= 0.6 is 0 Å². The first kappa shape index (κ1) is 30.3. The van der Waals surface area contributed by atoms with E-state index in [0.717, 1.165) is 42.4 Å². The number of aliphatic carboxylic acids is 1. The molecule has 2 aromatic carbocycles. The molecule has 1 fully saturated rings. The Morgan fingerprint density at radius 2 is 1.48 bits per heavy atom. The summed E-state index contributed by atoms with van der Waals surface area (Å²) < 4.78 is 42.5. The predicted octanol–water partition coefficient (Wildman–Crippen LogP) is 4.50. The average Bonchev–Trinajstić information content (AvgIpc) is 2.92. The molecule has 4 rings (SSSR count). The van der Waals surface area contributed by atoms with Crippen molar-refractivity contribution >= 4 is 34.5 Å². The minimum absolute atomic E-state index is 0.0972. The molecule has 0 unspecified atom stereocenters. The highest BCUT2D eigenvalue weighted by atomic mass is 19.4. The summed E-state index contributed by atoms with van der Waals surface area (Å²) in [6.45, 7) is 0. The van der Waals surface area contributed by atoms with E-state index in [0.29, 0.717) is 23.0 Å². The van der Waals surface area contributed by atoms with Gasteiger partial charge in [0, 0.05) is 31.6 Å². The number of fused-ring (bicyclic) bond motifs is 1. The molecule has 0 spiro atoms. The van der Waals surface area contributed by atoms with Crippen molar-refractivity contribution in [1.82, 2.24) is 15.3 Å². The lowest BCUT2D eigenvalue weighted by atomic mass is 9.91. The molecule has 0 saturated heterocycles. The van der Waals surface area contributed by atoms with Gasteiger partial charge in [0.15, 0.2) is 0 Å². The van der Waals surface area contributed by atoms with Gasteiger partial charge >= 0.3 is 12.1 Å². The summed E-state index contributed by atoms with van der Waals surface area (Å²) in [4.78, 5) is 33.3. The Morgan fingerprint density at radius 3 is 2.00 bits per heavy atom. The zero-order valence-corrected chi connectivity index (χ0v) is 22.6. The Bertz CT molecular complexity index is 1310. The van der Waals surface area contributed by atoms with Crippen molar-refractivity contribution in [2.45, 2.75) is 43.9 Å². The third-order valence-corrected chi connectivity index (χ3v) is 6.30. The number of carbonyl (C=O) groups excluding carboxylic acids is 1. The van der Waals surface area contributed by atoms with Crippen molar-refractivity contribution in [1.29, 1.82) is 0 Å². The van der Waals surface area contributed by atoms with Crippen LogP contribution in [0.3, 0.4) is 0 Å². The topological polar surface area (TPSA) is 126 Å². The van der Waals surface area contributed by atoms with Crippen LogP contribution in [0.2, 0.25) is 0 Å². The molecule has 0 atom stereocenters. The maximum atomic E-state index is 13.0.